The number of aryl methyl sites for hydroxylation is 1. The van der Waals surface area contributed by atoms with Crippen LogP contribution >= 0.6 is 11.6 Å². The Morgan fingerprint density at radius 2 is 2.00 bits per heavy atom. The van der Waals surface area contributed by atoms with Crippen LogP contribution in [0.4, 0.5) is 10.1 Å². The molecule has 0 aliphatic rings. The summed E-state index contributed by atoms with van der Waals surface area (Å²) in [4.78, 5) is 0. The van der Waals surface area contributed by atoms with E-state index in [-0.39, 0.29) is 5.82 Å². The number of rotatable bonds is 4. The van der Waals surface area contributed by atoms with E-state index in [0.717, 1.165) is 22.6 Å². The van der Waals surface area contributed by atoms with Crippen LogP contribution < -0.4 is 10.1 Å². The Bertz CT molecular complexity index is 586. The summed E-state index contributed by atoms with van der Waals surface area (Å²) in [6.07, 6.45) is 0. The van der Waals surface area contributed by atoms with E-state index < -0.39 is 0 Å². The predicted molar refractivity (Wildman–Crippen MR) is 76.5 cm³/mol. The quantitative estimate of drug-likeness (QED) is 0.895. The van der Waals surface area contributed by atoms with E-state index in [0.29, 0.717) is 11.6 Å². The number of anilines is 1. The zero-order valence-electron chi connectivity index (χ0n) is 10.8. The molecule has 4 heteroatoms. The molecular formula is C15H15ClFNO. The first-order valence-corrected chi connectivity index (χ1v) is 6.30. The lowest BCUT2D eigenvalue weighted by Gasteiger charge is -2.12. The Hall–Kier alpha value is -1.74. The fraction of sp³-hybridized carbons (Fsp3) is 0.200. The molecule has 0 bridgehead atoms. The Labute approximate surface area is 117 Å². The van der Waals surface area contributed by atoms with Crippen LogP contribution in [0.1, 0.15) is 11.1 Å². The van der Waals surface area contributed by atoms with Gasteiger partial charge in [0.1, 0.15) is 11.6 Å². The van der Waals surface area contributed by atoms with Crippen molar-refractivity contribution in [2.45, 2.75) is 13.5 Å². The monoisotopic (exact) mass is 279 g/mol. The van der Waals surface area contributed by atoms with Gasteiger partial charge in [-0.05, 0) is 54.4 Å². The van der Waals surface area contributed by atoms with E-state index in [1.807, 2.05) is 25.1 Å². The van der Waals surface area contributed by atoms with Gasteiger partial charge in [-0.1, -0.05) is 11.6 Å². The van der Waals surface area contributed by atoms with Crippen molar-refractivity contribution in [3.8, 4) is 5.75 Å². The van der Waals surface area contributed by atoms with Gasteiger partial charge in [0.05, 0.1) is 7.11 Å². The van der Waals surface area contributed by atoms with Crippen LogP contribution in [0, 0.1) is 12.7 Å². The maximum atomic E-state index is 13.1. The van der Waals surface area contributed by atoms with E-state index in [4.69, 9.17) is 16.3 Å². The Balaban J connectivity index is 2.12. The highest BCUT2D eigenvalue weighted by molar-refractivity contribution is 6.31. The van der Waals surface area contributed by atoms with E-state index in [9.17, 15) is 4.39 Å². The standard InChI is InChI=1S/C15H15ClFNO/c1-10-7-13(19-2)4-6-15(10)18-9-11-8-12(17)3-5-14(11)16/h3-8,18H,9H2,1-2H3. The summed E-state index contributed by atoms with van der Waals surface area (Å²) in [6, 6.07) is 10.1. The van der Waals surface area contributed by atoms with Gasteiger partial charge >= 0.3 is 0 Å². The third-order valence-electron chi connectivity index (χ3n) is 2.91. The molecule has 2 aromatic carbocycles. The molecule has 0 amide bonds. The van der Waals surface area contributed by atoms with Crippen molar-refractivity contribution in [2.24, 2.45) is 0 Å². The molecule has 2 rings (SSSR count). The molecule has 0 atom stereocenters. The van der Waals surface area contributed by atoms with Gasteiger partial charge in [-0.15, -0.1) is 0 Å². The van der Waals surface area contributed by atoms with E-state index in [1.165, 1.54) is 12.1 Å². The second-order valence-electron chi connectivity index (χ2n) is 4.27. The summed E-state index contributed by atoms with van der Waals surface area (Å²) in [5.41, 5.74) is 2.77. The van der Waals surface area contributed by atoms with Crippen LogP contribution in [0.25, 0.3) is 0 Å². The molecule has 0 unspecified atom stereocenters. The molecule has 2 aromatic rings. The molecule has 0 saturated carbocycles. The van der Waals surface area contributed by atoms with Crippen molar-refractivity contribution < 1.29 is 9.13 Å². The molecule has 0 aromatic heterocycles. The summed E-state index contributed by atoms with van der Waals surface area (Å²) >= 11 is 6.02. The lowest BCUT2D eigenvalue weighted by molar-refractivity contribution is 0.414. The second-order valence-corrected chi connectivity index (χ2v) is 4.68. The predicted octanol–water partition coefficient (Wildman–Crippen LogP) is 4.41. The average molecular weight is 280 g/mol. The molecule has 0 aliphatic carbocycles. The van der Waals surface area contributed by atoms with E-state index in [1.54, 1.807) is 13.2 Å². The first-order chi connectivity index (χ1) is 9.10. The van der Waals surface area contributed by atoms with Gasteiger partial charge in [0, 0.05) is 17.3 Å². The van der Waals surface area contributed by atoms with Crippen LogP contribution in [0.2, 0.25) is 5.02 Å². The average Bonchev–Trinajstić information content (AvgIpc) is 2.40. The Kier molecular flexibility index (Phi) is 4.27. The normalized spacial score (nSPS) is 10.3. The highest BCUT2D eigenvalue weighted by Gasteiger charge is 2.04. The van der Waals surface area contributed by atoms with Crippen molar-refractivity contribution in [1.82, 2.24) is 0 Å². The zero-order valence-corrected chi connectivity index (χ0v) is 11.6. The number of ether oxygens (including phenoxy) is 1. The molecular weight excluding hydrogens is 265 g/mol. The molecule has 2 nitrogen and oxygen atoms in total. The summed E-state index contributed by atoms with van der Waals surface area (Å²) in [5, 5.41) is 3.80. The van der Waals surface area contributed by atoms with Crippen LogP contribution in [-0.4, -0.2) is 7.11 Å². The first kappa shape index (κ1) is 13.7. The molecule has 0 aliphatic heterocycles. The maximum absolute atomic E-state index is 13.1. The molecule has 0 saturated heterocycles. The largest absolute Gasteiger partial charge is 0.497 e. The van der Waals surface area contributed by atoms with Gasteiger partial charge in [-0.3, -0.25) is 0 Å². The Morgan fingerprint density at radius 1 is 1.21 bits per heavy atom. The highest BCUT2D eigenvalue weighted by atomic mass is 35.5. The summed E-state index contributed by atoms with van der Waals surface area (Å²) < 4.78 is 18.3. The van der Waals surface area contributed by atoms with Crippen LogP contribution in [0.5, 0.6) is 5.75 Å². The van der Waals surface area contributed by atoms with Gasteiger partial charge in [-0.2, -0.15) is 0 Å². The lowest BCUT2D eigenvalue weighted by atomic mass is 10.1. The molecule has 1 N–H and O–H groups in total. The minimum absolute atomic E-state index is 0.285. The van der Waals surface area contributed by atoms with Crippen molar-refractivity contribution in [3.05, 3.63) is 58.4 Å². The minimum atomic E-state index is -0.285. The van der Waals surface area contributed by atoms with E-state index >= 15 is 0 Å². The fourth-order valence-electron chi connectivity index (χ4n) is 1.83. The highest BCUT2D eigenvalue weighted by Crippen LogP contribution is 2.23. The van der Waals surface area contributed by atoms with Crippen molar-refractivity contribution in [2.75, 3.05) is 12.4 Å². The van der Waals surface area contributed by atoms with Crippen LogP contribution in [-0.2, 0) is 6.54 Å². The van der Waals surface area contributed by atoms with Gasteiger partial charge in [0.25, 0.3) is 0 Å². The van der Waals surface area contributed by atoms with Gasteiger partial charge in [-0.25, -0.2) is 4.39 Å². The smallest absolute Gasteiger partial charge is 0.123 e. The second kappa shape index (κ2) is 5.93. The zero-order chi connectivity index (χ0) is 13.8. The minimum Gasteiger partial charge on any atom is -0.497 e. The van der Waals surface area contributed by atoms with Gasteiger partial charge < -0.3 is 10.1 Å². The van der Waals surface area contributed by atoms with Crippen LogP contribution in [0.3, 0.4) is 0 Å². The van der Waals surface area contributed by atoms with E-state index in [2.05, 4.69) is 5.32 Å². The number of methoxy groups -OCH3 is 1. The third-order valence-corrected chi connectivity index (χ3v) is 3.28. The van der Waals surface area contributed by atoms with Gasteiger partial charge in [0.15, 0.2) is 0 Å². The van der Waals surface area contributed by atoms with Crippen molar-refractivity contribution in [3.63, 3.8) is 0 Å². The number of nitrogens with one attached hydrogen (secondary N) is 1. The fourth-order valence-corrected chi connectivity index (χ4v) is 2.02. The molecule has 0 radical (unpaired) electrons. The maximum Gasteiger partial charge on any atom is 0.123 e. The summed E-state index contributed by atoms with van der Waals surface area (Å²) in [5.74, 6) is 0.527. The molecule has 100 valence electrons. The Morgan fingerprint density at radius 3 is 2.68 bits per heavy atom. The molecule has 0 heterocycles. The van der Waals surface area contributed by atoms with Crippen LogP contribution in [0.15, 0.2) is 36.4 Å². The SMILES string of the molecule is COc1ccc(NCc2cc(F)ccc2Cl)c(C)c1. The molecule has 0 spiro atoms. The number of benzene rings is 2. The number of hydrogen-bond acceptors (Lipinski definition) is 2. The van der Waals surface area contributed by atoms with Crippen molar-refractivity contribution in [1.29, 1.82) is 0 Å². The summed E-state index contributed by atoms with van der Waals surface area (Å²) in [7, 11) is 1.63. The van der Waals surface area contributed by atoms with Crippen molar-refractivity contribution >= 4 is 17.3 Å². The summed E-state index contributed by atoms with van der Waals surface area (Å²) in [6.45, 7) is 2.46. The lowest BCUT2D eigenvalue weighted by Crippen LogP contribution is -2.02. The molecule has 0 fully saturated rings. The number of hydrogen-bond donors (Lipinski definition) is 1. The molecule has 19 heavy (non-hydrogen) atoms. The van der Waals surface area contributed by atoms with Gasteiger partial charge in [0.2, 0.25) is 0 Å². The number of halogens is 2. The first-order valence-electron chi connectivity index (χ1n) is 5.92. The topological polar surface area (TPSA) is 21.3 Å². The third kappa shape index (κ3) is 3.38.